The lowest BCUT2D eigenvalue weighted by atomic mass is 10.1. The lowest BCUT2D eigenvalue weighted by Gasteiger charge is -2.03. The summed E-state index contributed by atoms with van der Waals surface area (Å²) in [5.41, 5.74) is 1.34. The van der Waals surface area contributed by atoms with Gasteiger partial charge < -0.3 is 14.5 Å². The summed E-state index contributed by atoms with van der Waals surface area (Å²) in [6.45, 7) is -0.658. The Hall–Kier alpha value is -1.95. The molecule has 108 valence electrons. The van der Waals surface area contributed by atoms with E-state index in [0.717, 1.165) is 10.9 Å². The largest absolute Gasteiger partial charge is 0.497 e. The van der Waals surface area contributed by atoms with Crippen LogP contribution in [0.2, 0.25) is 0 Å². The number of H-pyrrole nitrogens is 1. The van der Waals surface area contributed by atoms with Crippen LogP contribution in [-0.4, -0.2) is 37.5 Å². The molecule has 0 unspecified atom stereocenters. The maximum absolute atomic E-state index is 12.0. The molecule has 20 heavy (non-hydrogen) atoms. The van der Waals surface area contributed by atoms with E-state index >= 15 is 0 Å². The zero-order valence-corrected chi connectivity index (χ0v) is 11.0. The van der Waals surface area contributed by atoms with Gasteiger partial charge in [0.05, 0.1) is 13.7 Å². The van der Waals surface area contributed by atoms with E-state index in [2.05, 4.69) is 4.98 Å². The first kappa shape index (κ1) is 14.5. The number of ketones is 1. The molecule has 4 nitrogen and oxygen atoms in total. The van der Waals surface area contributed by atoms with Crippen molar-refractivity contribution in [3.63, 3.8) is 0 Å². The molecule has 0 radical (unpaired) electrons. The number of aromatic amines is 1. The van der Waals surface area contributed by atoms with Gasteiger partial charge in [0.2, 0.25) is 0 Å². The van der Waals surface area contributed by atoms with E-state index in [0.29, 0.717) is 11.3 Å². The number of hydrogen-bond acceptors (Lipinski definition) is 3. The van der Waals surface area contributed by atoms with E-state index in [1.165, 1.54) is 0 Å². The molecule has 0 amide bonds. The number of Topliss-reactive ketones (excluding diaryl/α,β-unsaturated/α-hetero) is 1. The Morgan fingerprint density at radius 3 is 2.90 bits per heavy atom. The van der Waals surface area contributed by atoms with Crippen LogP contribution in [0.15, 0.2) is 24.4 Å². The van der Waals surface area contributed by atoms with Gasteiger partial charge in [0.15, 0.2) is 5.78 Å². The van der Waals surface area contributed by atoms with Gasteiger partial charge in [-0.15, -0.1) is 0 Å². The third-order valence-corrected chi connectivity index (χ3v) is 2.91. The summed E-state index contributed by atoms with van der Waals surface area (Å²) >= 11 is 0. The molecule has 0 saturated heterocycles. The number of carbonyl (C=O) groups excluding carboxylic acids is 1. The number of hydrogen-bond donors (Lipinski definition) is 1. The van der Waals surface area contributed by atoms with Gasteiger partial charge in [0.1, 0.15) is 12.4 Å². The van der Waals surface area contributed by atoms with Crippen LogP contribution in [0.25, 0.3) is 10.9 Å². The summed E-state index contributed by atoms with van der Waals surface area (Å²) in [6.07, 6.45) is -0.835. The molecule has 1 N–H and O–H groups in total. The number of halogens is 2. The average Bonchev–Trinajstić information content (AvgIpc) is 2.86. The highest BCUT2D eigenvalue weighted by molar-refractivity contribution is 6.08. The van der Waals surface area contributed by atoms with Gasteiger partial charge in [-0.25, -0.2) is 8.78 Å². The number of fused-ring (bicyclic) bond motifs is 1. The van der Waals surface area contributed by atoms with Gasteiger partial charge in [-0.05, 0) is 18.2 Å². The Balaban J connectivity index is 2.06. The first-order valence-electron chi connectivity index (χ1n) is 6.16. The Kier molecular flexibility index (Phi) is 4.68. The number of rotatable bonds is 7. The first-order valence-corrected chi connectivity index (χ1v) is 6.16. The fraction of sp³-hybridized carbons (Fsp3) is 0.357. The van der Waals surface area contributed by atoms with Gasteiger partial charge in [-0.2, -0.15) is 0 Å². The molecule has 2 aromatic rings. The van der Waals surface area contributed by atoms with E-state index in [-0.39, 0.29) is 18.8 Å². The third-order valence-electron chi connectivity index (χ3n) is 2.91. The summed E-state index contributed by atoms with van der Waals surface area (Å²) < 4.78 is 33.6. The maximum Gasteiger partial charge on any atom is 0.261 e. The van der Waals surface area contributed by atoms with Crippen LogP contribution >= 0.6 is 0 Å². The molecule has 1 aromatic heterocycles. The number of nitrogens with one attached hydrogen (secondary N) is 1. The summed E-state index contributed by atoms with van der Waals surface area (Å²) in [6, 6.07) is 5.37. The van der Waals surface area contributed by atoms with Gasteiger partial charge >= 0.3 is 0 Å². The fourth-order valence-corrected chi connectivity index (χ4v) is 1.93. The lowest BCUT2D eigenvalue weighted by Crippen LogP contribution is -2.09. The van der Waals surface area contributed by atoms with E-state index in [4.69, 9.17) is 9.47 Å². The monoisotopic (exact) mass is 283 g/mol. The van der Waals surface area contributed by atoms with Crippen LogP contribution < -0.4 is 4.74 Å². The normalized spacial score (nSPS) is 11.2. The molecular weight excluding hydrogens is 268 g/mol. The van der Waals surface area contributed by atoms with E-state index in [9.17, 15) is 13.6 Å². The van der Waals surface area contributed by atoms with Crippen LogP contribution in [0.4, 0.5) is 8.78 Å². The Morgan fingerprint density at radius 2 is 2.20 bits per heavy atom. The van der Waals surface area contributed by atoms with Crippen LogP contribution in [0.3, 0.4) is 0 Å². The minimum atomic E-state index is -2.51. The molecule has 0 fully saturated rings. The molecule has 6 heteroatoms. The summed E-state index contributed by atoms with van der Waals surface area (Å²) in [4.78, 5) is 15.0. The molecule has 1 aromatic carbocycles. The number of methoxy groups -OCH3 is 1. The van der Waals surface area contributed by atoms with Crippen molar-refractivity contribution in [2.75, 3.05) is 20.3 Å². The van der Waals surface area contributed by atoms with E-state index in [1.807, 2.05) is 6.07 Å². The van der Waals surface area contributed by atoms with Gasteiger partial charge in [-0.1, -0.05) is 0 Å². The molecule has 0 bridgehead atoms. The van der Waals surface area contributed by atoms with Crippen molar-refractivity contribution in [1.29, 1.82) is 0 Å². The van der Waals surface area contributed by atoms with Crippen molar-refractivity contribution in [2.24, 2.45) is 0 Å². The van der Waals surface area contributed by atoms with Crippen molar-refractivity contribution in [1.82, 2.24) is 4.98 Å². The van der Waals surface area contributed by atoms with Gasteiger partial charge in [0.25, 0.3) is 6.43 Å². The summed E-state index contributed by atoms with van der Waals surface area (Å²) in [7, 11) is 1.55. The molecule has 0 aliphatic rings. The Morgan fingerprint density at radius 1 is 1.40 bits per heavy atom. The van der Waals surface area contributed by atoms with Gasteiger partial charge in [0, 0.05) is 29.1 Å². The van der Waals surface area contributed by atoms with E-state index < -0.39 is 13.0 Å². The fourth-order valence-electron chi connectivity index (χ4n) is 1.93. The lowest BCUT2D eigenvalue weighted by molar-refractivity contribution is 0.0170. The van der Waals surface area contributed by atoms with Crippen LogP contribution in [0.5, 0.6) is 5.75 Å². The SMILES string of the molecule is COc1ccc2[nH]cc(C(=O)CCOCC(F)F)c2c1. The molecule has 0 aliphatic carbocycles. The quantitative estimate of drug-likeness (QED) is 0.627. The molecule has 0 atom stereocenters. The first-order chi connectivity index (χ1) is 9.61. The Labute approximate surface area is 114 Å². The van der Waals surface area contributed by atoms with Crippen molar-refractivity contribution >= 4 is 16.7 Å². The number of ether oxygens (including phenoxy) is 2. The standard InChI is InChI=1S/C14H15F2NO3/c1-19-9-2-3-12-10(6-9)11(7-17-12)13(18)4-5-20-8-14(15)16/h2-3,6-7,14,17H,4-5,8H2,1H3. The van der Waals surface area contributed by atoms with Crippen LogP contribution in [-0.2, 0) is 4.74 Å². The highest BCUT2D eigenvalue weighted by atomic mass is 19.3. The topological polar surface area (TPSA) is 51.3 Å². The van der Waals surface area contributed by atoms with E-state index in [1.54, 1.807) is 25.4 Å². The summed E-state index contributed by atoms with van der Waals surface area (Å²) in [5.74, 6) is 0.499. The molecule has 1 heterocycles. The molecule has 0 saturated carbocycles. The molecule has 0 spiro atoms. The molecule has 2 rings (SSSR count). The second kappa shape index (κ2) is 6.47. The van der Waals surface area contributed by atoms with Gasteiger partial charge in [-0.3, -0.25) is 4.79 Å². The van der Waals surface area contributed by atoms with Crippen molar-refractivity contribution in [3.8, 4) is 5.75 Å². The van der Waals surface area contributed by atoms with Crippen molar-refractivity contribution in [3.05, 3.63) is 30.0 Å². The second-order valence-corrected chi connectivity index (χ2v) is 4.25. The number of alkyl halides is 2. The minimum absolute atomic E-state index is 0.0141. The second-order valence-electron chi connectivity index (χ2n) is 4.25. The average molecular weight is 283 g/mol. The molecule has 0 aliphatic heterocycles. The zero-order valence-electron chi connectivity index (χ0n) is 11.0. The highest BCUT2D eigenvalue weighted by Crippen LogP contribution is 2.24. The number of benzene rings is 1. The minimum Gasteiger partial charge on any atom is -0.497 e. The predicted molar refractivity (Wildman–Crippen MR) is 70.6 cm³/mol. The summed E-state index contributed by atoms with van der Waals surface area (Å²) in [5, 5.41) is 0.753. The smallest absolute Gasteiger partial charge is 0.261 e. The van der Waals surface area contributed by atoms with Crippen molar-refractivity contribution < 1.29 is 23.0 Å². The highest BCUT2D eigenvalue weighted by Gasteiger charge is 2.13. The molecular formula is C14H15F2NO3. The maximum atomic E-state index is 12.0. The number of aromatic nitrogens is 1. The van der Waals surface area contributed by atoms with Crippen LogP contribution in [0, 0.1) is 0 Å². The number of carbonyl (C=O) groups is 1. The van der Waals surface area contributed by atoms with Crippen molar-refractivity contribution in [2.45, 2.75) is 12.8 Å². The van der Waals surface area contributed by atoms with Crippen LogP contribution in [0.1, 0.15) is 16.8 Å². The Bertz CT molecular complexity index is 595. The third kappa shape index (κ3) is 3.33. The predicted octanol–water partition coefficient (Wildman–Crippen LogP) is 3.03. The zero-order chi connectivity index (χ0) is 14.5.